The Morgan fingerprint density at radius 2 is 1.90 bits per heavy atom. The lowest BCUT2D eigenvalue weighted by Crippen LogP contribution is -2.30. The molecule has 2 rings (SSSR count). The average molecular weight is 273 g/mol. The molecule has 1 aromatic heterocycles. The normalized spacial score (nSPS) is 10.6. The first-order chi connectivity index (χ1) is 9.71. The number of hydrazine groups is 1. The fraction of sp³-hybridized carbons (Fsp3) is 0.357. The number of rotatable bonds is 5. The highest BCUT2D eigenvalue weighted by molar-refractivity contribution is 5.42. The summed E-state index contributed by atoms with van der Waals surface area (Å²) in [6, 6.07) is 7.83. The zero-order valence-corrected chi connectivity index (χ0v) is 12.0. The van der Waals surface area contributed by atoms with Gasteiger partial charge in [0, 0.05) is 13.5 Å². The average Bonchev–Trinajstić information content (AvgIpc) is 2.47. The Balaban J connectivity index is 2.64. The van der Waals surface area contributed by atoms with Crippen molar-refractivity contribution in [1.82, 2.24) is 20.0 Å². The van der Waals surface area contributed by atoms with Crippen LogP contribution in [0.3, 0.4) is 0 Å². The standard InChI is InChI=1S/C14H19N5O/c1-4-10-8-6-7-9-11(10)19-12(5-2)16-13(18-15-3)17-14(19)20/h6-9,15H,4-5H2,1-3H3,(H,17,18,20). The molecule has 1 heterocycles. The van der Waals surface area contributed by atoms with Crippen molar-refractivity contribution in [2.75, 3.05) is 12.5 Å². The van der Waals surface area contributed by atoms with Gasteiger partial charge in [0.2, 0.25) is 5.95 Å². The van der Waals surface area contributed by atoms with Crippen LogP contribution in [0.15, 0.2) is 29.1 Å². The lowest BCUT2D eigenvalue weighted by atomic mass is 10.1. The van der Waals surface area contributed by atoms with E-state index in [1.807, 2.05) is 31.2 Å². The Labute approximate surface area is 117 Å². The summed E-state index contributed by atoms with van der Waals surface area (Å²) in [6.07, 6.45) is 1.50. The molecule has 1 aromatic carbocycles. The fourth-order valence-electron chi connectivity index (χ4n) is 2.12. The summed E-state index contributed by atoms with van der Waals surface area (Å²) in [5.74, 6) is 0.975. The van der Waals surface area contributed by atoms with E-state index in [2.05, 4.69) is 27.7 Å². The first kappa shape index (κ1) is 14.2. The van der Waals surface area contributed by atoms with E-state index in [1.54, 1.807) is 11.6 Å². The van der Waals surface area contributed by atoms with E-state index in [0.29, 0.717) is 18.2 Å². The Morgan fingerprint density at radius 1 is 1.15 bits per heavy atom. The van der Waals surface area contributed by atoms with Crippen LogP contribution in [0.2, 0.25) is 0 Å². The molecule has 0 fully saturated rings. The second kappa shape index (κ2) is 6.29. The minimum absolute atomic E-state index is 0.291. The molecule has 0 aliphatic carbocycles. The molecule has 0 bridgehead atoms. The Bertz CT molecular complexity index is 650. The molecule has 0 unspecified atom stereocenters. The van der Waals surface area contributed by atoms with Gasteiger partial charge in [-0.05, 0) is 18.1 Å². The summed E-state index contributed by atoms with van der Waals surface area (Å²) in [5, 5.41) is 0. The van der Waals surface area contributed by atoms with Crippen molar-refractivity contribution in [3.8, 4) is 5.69 Å². The Morgan fingerprint density at radius 3 is 2.55 bits per heavy atom. The largest absolute Gasteiger partial charge is 0.356 e. The number of aryl methyl sites for hydroxylation is 2. The first-order valence-electron chi connectivity index (χ1n) is 6.72. The maximum absolute atomic E-state index is 12.3. The van der Waals surface area contributed by atoms with Crippen LogP contribution in [0.1, 0.15) is 25.2 Å². The lowest BCUT2D eigenvalue weighted by Gasteiger charge is -2.14. The molecule has 106 valence electrons. The van der Waals surface area contributed by atoms with Gasteiger partial charge in [0.1, 0.15) is 5.82 Å². The van der Waals surface area contributed by atoms with E-state index in [4.69, 9.17) is 0 Å². The molecule has 0 aliphatic heterocycles. The van der Waals surface area contributed by atoms with E-state index < -0.39 is 0 Å². The number of hydrogen-bond donors (Lipinski definition) is 2. The minimum atomic E-state index is -0.324. The molecular weight excluding hydrogens is 254 g/mol. The molecule has 0 saturated carbocycles. The highest BCUT2D eigenvalue weighted by Gasteiger charge is 2.12. The number of nitrogens with one attached hydrogen (secondary N) is 2. The molecule has 20 heavy (non-hydrogen) atoms. The molecule has 0 amide bonds. The number of anilines is 1. The van der Waals surface area contributed by atoms with Crippen molar-refractivity contribution in [3.05, 3.63) is 46.1 Å². The topological polar surface area (TPSA) is 71.8 Å². The summed E-state index contributed by atoms with van der Waals surface area (Å²) in [7, 11) is 1.70. The molecule has 0 spiro atoms. The van der Waals surface area contributed by atoms with Gasteiger partial charge in [-0.25, -0.2) is 14.8 Å². The van der Waals surface area contributed by atoms with Gasteiger partial charge in [-0.15, -0.1) is 0 Å². The molecule has 6 nitrogen and oxygen atoms in total. The molecule has 0 saturated heterocycles. The van der Waals surface area contributed by atoms with E-state index in [9.17, 15) is 4.79 Å². The molecular formula is C14H19N5O. The lowest BCUT2D eigenvalue weighted by molar-refractivity contribution is 0.755. The summed E-state index contributed by atoms with van der Waals surface area (Å²) < 4.78 is 1.58. The molecule has 0 aliphatic rings. The third-order valence-corrected chi connectivity index (χ3v) is 3.05. The van der Waals surface area contributed by atoms with Crippen LogP contribution in [-0.4, -0.2) is 21.6 Å². The van der Waals surface area contributed by atoms with E-state index in [1.165, 1.54) is 0 Å². The van der Waals surface area contributed by atoms with Crippen LogP contribution in [0, 0.1) is 0 Å². The summed E-state index contributed by atoms with van der Waals surface area (Å²) in [4.78, 5) is 20.6. The zero-order valence-electron chi connectivity index (χ0n) is 12.0. The van der Waals surface area contributed by atoms with E-state index in [0.717, 1.165) is 17.7 Å². The second-order valence-electron chi connectivity index (χ2n) is 4.29. The number of nitrogens with zero attached hydrogens (tertiary/aromatic N) is 3. The maximum Gasteiger partial charge on any atom is 0.356 e. The van der Waals surface area contributed by atoms with Crippen molar-refractivity contribution in [3.63, 3.8) is 0 Å². The predicted octanol–water partition coefficient (Wildman–Crippen LogP) is 1.30. The monoisotopic (exact) mass is 273 g/mol. The van der Waals surface area contributed by atoms with Crippen molar-refractivity contribution in [2.24, 2.45) is 0 Å². The van der Waals surface area contributed by atoms with E-state index in [-0.39, 0.29) is 5.69 Å². The van der Waals surface area contributed by atoms with Crippen LogP contribution in [0.25, 0.3) is 5.69 Å². The van der Waals surface area contributed by atoms with Crippen molar-refractivity contribution < 1.29 is 0 Å². The molecule has 6 heteroatoms. The first-order valence-corrected chi connectivity index (χ1v) is 6.72. The Kier molecular flexibility index (Phi) is 4.47. The van der Waals surface area contributed by atoms with Gasteiger partial charge >= 0.3 is 5.69 Å². The molecule has 0 atom stereocenters. The highest BCUT2D eigenvalue weighted by atomic mass is 16.1. The van der Waals surface area contributed by atoms with Crippen molar-refractivity contribution in [2.45, 2.75) is 26.7 Å². The van der Waals surface area contributed by atoms with Crippen molar-refractivity contribution >= 4 is 5.95 Å². The zero-order chi connectivity index (χ0) is 14.5. The van der Waals surface area contributed by atoms with Crippen LogP contribution in [0.4, 0.5) is 5.95 Å². The SMILES string of the molecule is CCc1ccccc1-n1c(CC)nc(NNC)nc1=O. The number of hydrogen-bond acceptors (Lipinski definition) is 5. The summed E-state index contributed by atoms with van der Waals surface area (Å²) in [5.41, 5.74) is 7.10. The van der Waals surface area contributed by atoms with Gasteiger partial charge in [-0.1, -0.05) is 32.0 Å². The van der Waals surface area contributed by atoms with Gasteiger partial charge in [0.25, 0.3) is 0 Å². The smallest absolute Gasteiger partial charge is 0.290 e. The van der Waals surface area contributed by atoms with Crippen LogP contribution in [0.5, 0.6) is 0 Å². The summed E-state index contributed by atoms with van der Waals surface area (Å²) in [6.45, 7) is 4.03. The summed E-state index contributed by atoms with van der Waals surface area (Å²) >= 11 is 0. The second-order valence-corrected chi connectivity index (χ2v) is 4.29. The third kappa shape index (κ3) is 2.70. The van der Waals surface area contributed by atoms with Gasteiger partial charge in [0.15, 0.2) is 0 Å². The molecule has 2 N–H and O–H groups in total. The quantitative estimate of drug-likeness (QED) is 0.803. The van der Waals surface area contributed by atoms with Crippen LogP contribution >= 0.6 is 0 Å². The number of benzene rings is 1. The molecule has 0 radical (unpaired) electrons. The third-order valence-electron chi connectivity index (χ3n) is 3.05. The molecule has 2 aromatic rings. The number of aromatic nitrogens is 3. The van der Waals surface area contributed by atoms with E-state index >= 15 is 0 Å². The van der Waals surface area contributed by atoms with Gasteiger partial charge in [-0.2, -0.15) is 9.97 Å². The van der Waals surface area contributed by atoms with Gasteiger partial charge in [-0.3, -0.25) is 5.43 Å². The minimum Gasteiger partial charge on any atom is -0.290 e. The van der Waals surface area contributed by atoms with Crippen molar-refractivity contribution in [1.29, 1.82) is 0 Å². The van der Waals surface area contributed by atoms with Gasteiger partial charge < -0.3 is 0 Å². The highest BCUT2D eigenvalue weighted by Crippen LogP contribution is 2.15. The van der Waals surface area contributed by atoms with Crippen LogP contribution in [-0.2, 0) is 12.8 Å². The van der Waals surface area contributed by atoms with Gasteiger partial charge in [0.05, 0.1) is 5.69 Å². The fourth-order valence-corrected chi connectivity index (χ4v) is 2.12. The number of para-hydroxylation sites is 1. The predicted molar refractivity (Wildman–Crippen MR) is 79.1 cm³/mol. The van der Waals surface area contributed by atoms with Crippen LogP contribution < -0.4 is 16.5 Å². The Hall–Kier alpha value is -2.21. The maximum atomic E-state index is 12.3.